The average molecular weight is 259 g/mol. The molecule has 106 valence electrons. The van der Waals surface area contributed by atoms with Crippen molar-refractivity contribution in [2.75, 3.05) is 6.54 Å². The van der Waals surface area contributed by atoms with Gasteiger partial charge in [-0.25, -0.2) is 0 Å². The highest BCUT2D eigenvalue weighted by Crippen LogP contribution is 2.28. The van der Waals surface area contributed by atoms with Gasteiger partial charge in [0.05, 0.1) is 0 Å². The van der Waals surface area contributed by atoms with Gasteiger partial charge in [-0.3, -0.25) is 0 Å². The highest BCUT2D eigenvalue weighted by molar-refractivity contribution is 5.30. The molecule has 0 saturated heterocycles. The highest BCUT2D eigenvalue weighted by atomic mass is 14.9. The van der Waals surface area contributed by atoms with Crippen LogP contribution in [0.4, 0.5) is 0 Å². The molecule has 0 amide bonds. The molecule has 2 rings (SSSR count). The zero-order valence-corrected chi connectivity index (χ0v) is 13.1. The zero-order valence-electron chi connectivity index (χ0n) is 13.1. The van der Waals surface area contributed by atoms with E-state index in [-0.39, 0.29) is 0 Å². The molecule has 1 aliphatic carbocycles. The van der Waals surface area contributed by atoms with Gasteiger partial charge in [0.25, 0.3) is 0 Å². The van der Waals surface area contributed by atoms with Crippen LogP contribution in [0.1, 0.15) is 56.2 Å². The van der Waals surface area contributed by atoms with E-state index in [4.69, 9.17) is 0 Å². The van der Waals surface area contributed by atoms with E-state index in [0.29, 0.717) is 5.41 Å². The van der Waals surface area contributed by atoms with Crippen LogP contribution < -0.4 is 5.32 Å². The molecular formula is C18H29N. The first-order chi connectivity index (χ1) is 8.96. The molecule has 1 fully saturated rings. The van der Waals surface area contributed by atoms with E-state index < -0.39 is 0 Å². The Balaban J connectivity index is 1.79. The minimum absolute atomic E-state index is 0.443. The summed E-state index contributed by atoms with van der Waals surface area (Å²) in [4.78, 5) is 0. The van der Waals surface area contributed by atoms with Crippen molar-refractivity contribution in [1.82, 2.24) is 5.32 Å². The van der Waals surface area contributed by atoms with Crippen LogP contribution in [0.3, 0.4) is 0 Å². The fourth-order valence-corrected chi connectivity index (χ4v) is 2.57. The van der Waals surface area contributed by atoms with Crippen LogP contribution in [0.15, 0.2) is 18.2 Å². The Bertz CT molecular complexity index is 416. The van der Waals surface area contributed by atoms with Crippen LogP contribution in [-0.4, -0.2) is 12.6 Å². The number of benzene rings is 1. The summed E-state index contributed by atoms with van der Waals surface area (Å²) >= 11 is 0. The summed E-state index contributed by atoms with van der Waals surface area (Å²) in [5.41, 5.74) is 4.80. The molecule has 0 atom stereocenters. The number of rotatable bonds is 7. The molecule has 19 heavy (non-hydrogen) atoms. The van der Waals surface area contributed by atoms with Crippen molar-refractivity contribution in [3.8, 4) is 0 Å². The quantitative estimate of drug-likeness (QED) is 0.765. The lowest BCUT2D eigenvalue weighted by molar-refractivity contribution is 0.301. The van der Waals surface area contributed by atoms with Gasteiger partial charge in [0.2, 0.25) is 0 Å². The third kappa shape index (κ3) is 4.99. The minimum atomic E-state index is 0.443. The lowest BCUT2D eigenvalue weighted by Crippen LogP contribution is -2.24. The molecule has 0 unspecified atom stereocenters. The predicted octanol–water partition coefficient (Wildman–Crippen LogP) is 4.40. The van der Waals surface area contributed by atoms with Crippen molar-refractivity contribution in [1.29, 1.82) is 0 Å². The lowest BCUT2D eigenvalue weighted by atomic mass is 9.82. The molecule has 1 aliphatic rings. The summed E-state index contributed by atoms with van der Waals surface area (Å²) < 4.78 is 0. The van der Waals surface area contributed by atoms with E-state index in [0.717, 1.165) is 6.04 Å². The smallest absolute Gasteiger partial charge is 0.00682 e. The normalized spacial score (nSPS) is 15.8. The fourth-order valence-electron chi connectivity index (χ4n) is 2.57. The van der Waals surface area contributed by atoms with Crippen LogP contribution in [-0.2, 0) is 6.42 Å². The van der Waals surface area contributed by atoms with Gasteiger partial charge < -0.3 is 5.32 Å². The van der Waals surface area contributed by atoms with Crippen molar-refractivity contribution in [2.24, 2.45) is 5.41 Å². The van der Waals surface area contributed by atoms with Gasteiger partial charge in [0.1, 0.15) is 0 Å². The van der Waals surface area contributed by atoms with Gasteiger partial charge in [0.15, 0.2) is 0 Å². The fraction of sp³-hybridized carbons (Fsp3) is 0.667. The number of nitrogens with one attached hydrogen (secondary N) is 1. The second kappa shape index (κ2) is 6.09. The predicted molar refractivity (Wildman–Crippen MR) is 83.7 cm³/mol. The lowest BCUT2D eigenvalue weighted by Gasteiger charge is -2.25. The van der Waals surface area contributed by atoms with Crippen LogP contribution >= 0.6 is 0 Å². The Hall–Kier alpha value is -0.820. The first-order valence-corrected chi connectivity index (χ1v) is 7.76. The number of hydrogen-bond donors (Lipinski definition) is 1. The van der Waals surface area contributed by atoms with Crippen molar-refractivity contribution >= 4 is 0 Å². The van der Waals surface area contributed by atoms with E-state index in [9.17, 15) is 0 Å². The van der Waals surface area contributed by atoms with Gasteiger partial charge in [-0.2, -0.15) is 0 Å². The molecule has 1 N–H and O–H groups in total. The van der Waals surface area contributed by atoms with Gasteiger partial charge in [-0.05, 0) is 69.0 Å². The van der Waals surface area contributed by atoms with Crippen LogP contribution in [0.5, 0.6) is 0 Å². The maximum absolute atomic E-state index is 3.63. The summed E-state index contributed by atoms with van der Waals surface area (Å²) in [6.45, 7) is 10.4. The van der Waals surface area contributed by atoms with Gasteiger partial charge in [0, 0.05) is 6.04 Å². The monoisotopic (exact) mass is 259 g/mol. The molecule has 0 aliphatic heterocycles. The first-order valence-electron chi connectivity index (χ1n) is 7.76. The van der Waals surface area contributed by atoms with Crippen molar-refractivity contribution in [3.05, 3.63) is 34.9 Å². The molecule has 0 spiro atoms. The Morgan fingerprint density at radius 3 is 2.58 bits per heavy atom. The van der Waals surface area contributed by atoms with Crippen LogP contribution in [0.25, 0.3) is 0 Å². The molecule has 1 heteroatoms. The third-order valence-electron chi connectivity index (χ3n) is 4.39. The summed E-state index contributed by atoms with van der Waals surface area (Å²) in [6, 6.07) is 7.67. The molecule has 0 heterocycles. The second-order valence-electron chi connectivity index (χ2n) is 7.07. The van der Waals surface area contributed by atoms with Gasteiger partial charge in [-0.1, -0.05) is 37.6 Å². The standard InChI is InChI=1S/C18H29N/c1-14-5-6-15(2)16(13-14)9-10-18(3,4)11-12-19-17-7-8-17/h5-6,13,17,19H,7-12H2,1-4H3. The molecule has 0 bridgehead atoms. The Morgan fingerprint density at radius 1 is 1.16 bits per heavy atom. The summed E-state index contributed by atoms with van der Waals surface area (Å²) in [5.74, 6) is 0. The maximum Gasteiger partial charge on any atom is 0.00682 e. The molecule has 1 aromatic carbocycles. The topological polar surface area (TPSA) is 12.0 Å². The summed E-state index contributed by atoms with van der Waals surface area (Å²) in [5, 5.41) is 3.63. The Morgan fingerprint density at radius 2 is 1.89 bits per heavy atom. The summed E-state index contributed by atoms with van der Waals surface area (Å²) in [7, 11) is 0. The molecule has 1 nitrogen and oxygen atoms in total. The van der Waals surface area contributed by atoms with Crippen LogP contribution in [0, 0.1) is 19.3 Å². The molecule has 0 radical (unpaired) electrons. The number of hydrogen-bond acceptors (Lipinski definition) is 1. The first kappa shape index (κ1) is 14.6. The Labute approximate surface area is 118 Å². The van der Waals surface area contributed by atoms with Gasteiger partial charge >= 0.3 is 0 Å². The third-order valence-corrected chi connectivity index (χ3v) is 4.39. The van der Waals surface area contributed by atoms with E-state index >= 15 is 0 Å². The minimum Gasteiger partial charge on any atom is -0.314 e. The van der Waals surface area contributed by atoms with E-state index in [2.05, 4.69) is 51.2 Å². The second-order valence-corrected chi connectivity index (χ2v) is 7.07. The van der Waals surface area contributed by atoms with E-state index in [1.54, 1.807) is 0 Å². The largest absolute Gasteiger partial charge is 0.314 e. The molecular weight excluding hydrogens is 230 g/mol. The highest BCUT2D eigenvalue weighted by Gasteiger charge is 2.22. The zero-order chi connectivity index (χ0) is 13.9. The number of aryl methyl sites for hydroxylation is 3. The average Bonchev–Trinajstić information content (AvgIpc) is 3.14. The van der Waals surface area contributed by atoms with Crippen molar-refractivity contribution in [2.45, 2.75) is 65.8 Å². The van der Waals surface area contributed by atoms with Crippen LogP contribution in [0.2, 0.25) is 0 Å². The van der Waals surface area contributed by atoms with E-state index in [1.807, 2.05) is 0 Å². The van der Waals surface area contributed by atoms with Crippen molar-refractivity contribution < 1.29 is 0 Å². The summed E-state index contributed by atoms with van der Waals surface area (Å²) in [6.07, 6.45) is 6.56. The van der Waals surface area contributed by atoms with Gasteiger partial charge in [-0.15, -0.1) is 0 Å². The SMILES string of the molecule is Cc1ccc(C)c(CCC(C)(C)CCNC2CC2)c1. The molecule has 0 aromatic heterocycles. The molecule has 1 aromatic rings. The van der Waals surface area contributed by atoms with E-state index in [1.165, 1.54) is 55.3 Å². The maximum atomic E-state index is 3.63. The molecule has 1 saturated carbocycles. The van der Waals surface area contributed by atoms with Crippen molar-refractivity contribution in [3.63, 3.8) is 0 Å². The Kier molecular flexibility index (Phi) is 4.67.